The van der Waals surface area contributed by atoms with Crippen molar-refractivity contribution in [3.05, 3.63) is 156 Å². The number of nitrogens with zero attached hydrogens (tertiary/aromatic N) is 3. The molecule has 0 aliphatic rings. The van der Waals surface area contributed by atoms with Crippen LogP contribution >= 0.6 is 0 Å². The molecule has 0 saturated heterocycles. The van der Waals surface area contributed by atoms with Crippen molar-refractivity contribution in [2.24, 2.45) is 0 Å². The number of sulfonamides is 2. The lowest BCUT2D eigenvalue weighted by Gasteiger charge is -2.24. The van der Waals surface area contributed by atoms with Crippen LogP contribution in [0.5, 0.6) is 34.5 Å². The van der Waals surface area contributed by atoms with Crippen molar-refractivity contribution in [1.82, 2.24) is 14.9 Å². The lowest BCUT2D eigenvalue weighted by molar-refractivity contribution is 0.0689. The molecule has 2 heterocycles. The van der Waals surface area contributed by atoms with Gasteiger partial charge in [-0.05, 0) is 82.6 Å². The number of urea groups is 2. The van der Waals surface area contributed by atoms with Gasteiger partial charge in [0.25, 0.3) is 5.91 Å². The number of fused-ring (bicyclic) bond motifs is 2. The summed E-state index contributed by atoms with van der Waals surface area (Å²) in [6.45, 7) is 11.8. The Hall–Kier alpha value is -9.68. The molecule has 8 rings (SSSR count). The smallest absolute Gasteiger partial charge is 0.354 e. The number of methoxy groups -OCH3 is 2. The standard InChI is InChI=1S/C31H35N5O6S.C29H30N4O7S/c1-31(2,3)19-16-24(28(41-6)25(17-19)35-43(7,39)40)34-30(38)33-23-12-13-27(22-11-9-8-10-21(22)23)42-20-14-15-32-26(18-20)29(37)36(4)5;1-29(2,3)17-14-22(26(39-4)23(15-17)33-41(5,37)38)32-28(36)31-21-10-11-25(20-9-7-6-8-19(20)21)40-18-12-13-30-24(16-18)27(34)35/h8-18,35H,1-7H3,(H2,33,34,38);6-16,33H,1-5H3,(H,34,35)(H2,31,32,36). The second-order valence-corrected chi connectivity index (χ2v) is 24.9. The van der Waals surface area contributed by atoms with E-state index in [1.807, 2.05) is 90.1 Å². The predicted octanol–water partition coefficient (Wildman–Crippen LogP) is 12.1. The van der Waals surface area contributed by atoms with Gasteiger partial charge in [0.1, 0.15) is 28.7 Å². The number of nitrogens with one attached hydrogen (secondary N) is 6. The number of anilines is 6. The van der Waals surface area contributed by atoms with E-state index < -0.39 is 38.1 Å². The molecule has 5 amide bonds. The predicted molar refractivity (Wildman–Crippen MR) is 327 cm³/mol. The normalized spacial score (nSPS) is 11.5. The number of carboxylic acids is 1. The number of pyridine rings is 2. The van der Waals surface area contributed by atoms with Crippen LogP contribution in [0.3, 0.4) is 0 Å². The van der Waals surface area contributed by atoms with Crippen LogP contribution in [0.15, 0.2) is 134 Å². The largest absolute Gasteiger partial charge is 0.492 e. The van der Waals surface area contributed by atoms with Gasteiger partial charge in [-0.15, -0.1) is 0 Å². The van der Waals surface area contributed by atoms with E-state index in [2.05, 4.69) is 40.7 Å². The molecule has 0 aliphatic heterocycles. The molecule has 8 aromatic rings. The van der Waals surface area contributed by atoms with Crippen LogP contribution in [-0.4, -0.2) is 102 Å². The van der Waals surface area contributed by atoms with Crippen molar-refractivity contribution in [3.63, 3.8) is 0 Å². The molecule has 84 heavy (non-hydrogen) atoms. The number of carbonyl (C=O) groups is 4. The Morgan fingerprint density at radius 2 is 0.845 bits per heavy atom. The lowest BCUT2D eigenvalue weighted by atomic mass is 9.86. The molecule has 0 radical (unpaired) electrons. The highest BCUT2D eigenvalue weighted by atomic mass is 32.2. The Morgan fingerprint density at radius 3 is 1.20 bits per heavy atom. The molecule has 0 fully saturated rings. The van der Waals surface area contributed by atoms with Gasteiger partial charge < -0.3 is 50.2 Å². The van der Waals surface area contributed by atoms with Crippen LogP contribution < -0.4 is 49.7 Å². The molecule has 22 nitrogen and oxygen atoms in total. The fourth-order valence-corrected chi connectivity index (χ4v) is 9.56. The molecule has 0 bridgehead atoms. The average molecular weight is 1180 g/mol. The number of rotatable bonds is 16. The first kappa shape index (κ1) is 61.9. The second kappa shape index (κ2) is 25.2. The first-order chi connectivity index (χ1) is 39.4. The number of hydrogen-bond donors (Lipinski definition) is 7. The van der Waals surface area contributed by atoms with Crippen LogP contribution in [0.4, 0.5) is 43.7 Å². The summed E-state index contributed by atoms with van der Waals surface area (Å²) in [4.78, 5) is 59.5. The zero-order valence-electron chi connectivity index (χ0n) is 48.2. The van der Waals surface area contributed by atoms with Crippen LogP contribution in [0.2, 0.25) is 0 Å². The molecule has 0 unspecified atom stereocenters. The van der Waals surface area contributed by atoms with Gasteiger partial charge in [-0.1, -0.05) is 90.1 Å². The van der Waals surface area contributed by atoms with Gasteiger partial charge in [0, 0.05) is 60.2 Å². The maximum absolute atomic E-state index is 13.3. The number of hydrogen-bond acceptors (Lipinski definition) is 14. The third-order valence-electron chi connectivity index (χ3n) is 12.4. The van der Waals surface area contributed by atoms with Crippen molar-refractivity contribution >= 4 is 99.7 Å². The topological polar surface area (TPSA) is 295 Å². The Morgan fingerprint density at radius 1 is 0.488 bits per heavy atom. The van der Waals surface area contributed by atoms with Crippen molar-refractivity contribution in [2.45, 2.75) is 52.4 Å². The van der Waals surface area contributed by atoms with Crippen molar-refractivity contribution in [3.8, 4) is 34.5 Å². The molecule has 0 spiro atoms. The van der Waals surface area contributed by atoms with Gasteiger partial charge in [-0.3, -0.25) is 19.2 Å². The van der Waals surface area contributed by atoms with Crippen LogP contribution in [0.25, 0.3) is 21.5 Å². The fourth-order valence-electron chi connectivity index (χ4n) is 8.46. The molecule has 0 atom stereocenters. The second-order valence-electron chi connectivity index (χ2n) is 21.4. The minimum Gasteiger partial charge on any atom is -0.492 e. The van der Waals surface area contributed by atoms with E-state index in [9.17, 15) is 41.1 Å². The van der Waals surface area contributed by atoms with Gasteiger partial charge >= 0.3 is 18.0 Å². The summed E-state index contributed by atoms with van der Waals surface area (Å²) < 4.78 is 76.1. The average Bonchev–Trinajstić information content (AvgIpc) is 1.77. The maximum Gasteiger partial charge on any atom is 0.354 e. The van der Waals surface area contributed by atoms with Crippen molar-refractivity contribution < 1.29 is 60.1 Å². The minimum absolute atomic E-state index is 0.150. The summed E-state index contributed by atoms with van der Waals surface area (Å²) in [5.41, 5.74) is 2.92. The van der Waals surface area contributed by atoms with E-state index in [0.717, 1.165) is 29.0 Å². The summed E-state index contributed by atoms with van der Waals surface area (Å²) in [6.07, 6.45) is 4.94. The summed E-state index contributed by atoms with van der Waals surface area (Å²) in [5.74, 6) is 0.618. The highest BCUT2D eigenvalue weighted by molar-refractivity contribution is 7.92. The number of benzene rings is 6. The molecule has 7 N–H and O–H groups in total. The Bertz CT molecular complexity index is 4070. The zero-order chi connectivity index (χ0) is 61.5. The van der Waals surface area contributed by atoms with Crippen molar-refractivity contribution in [1.29, 1.82) is 0 Å². The van der Waals surface area contributed by atoms with E-state index in [0.29, 0.717) is 56.2 Å². The van der Waals surface area contributed by atoms with Gasteiger partial charge in [0.15, 0.2) is 17.2 Å². The molecular formula is C60H65N9O13S2. The zero-order valence-corrected chi connectivity index (χ0v) is 49.8. The summed E-state index contributed by atoms with van der Waals surface area (Å²) in [5, 5.41) is 23.3. The number of aromatic carboxylic acids is 1. The Balaban J connectivity index is 0.000000241. The summed E-state index contributed by atoms with van der Waals surface area (Å²) in [6, 6.07) is 33.2. The number of aromatic nitrogens is 2. The van der Waals surface area contributed by atoms with Crippen LogP contribution in [0, 0.1) is 0 Å². The van der Waals surface area contributed by atoms with Gasteiger partial charge in [-0.2, -0.15) is 0 Å². The maximum atomic E-state index is 13.3. The molecule has 6 aromatic carbocycles. The summed E-state index contributed by atoms with van der Waals surface area (Å²) in [7, 11) is -1.16. The van der Waals surface area contributed by atoms with E-state index in [1.165, 1.54) is 37.6 Å². The van der Waals surface area contributed by atoms with Crippen molar-refractivity contribution in [2.75, 3.05) is 71.5 Å². The van der Waals surface area contributed by atoms with E-state index in [1.54, 1.807) is 80.8 Å². The first-order valence-corrected chi connectivity index (χ1v) is 29.5. The van der Waals surface area contributed by atoms with E-state index >= 15 is 0 Å². The molecule has 0 aliphatic carbocycles. The Kier molecular flexibility index (Phi) is 18.6. The first-order valence-electron chi connectivity index (χ1n) is 25.7. The number of amides is 5. The van der Waals surface area contributed by atoms with Gasteiger partial charge in [0.05, 0.1) is 60.9 Å². The summed E-state index contributed by atoms with van der Waals surface area (Å²) >= 11 is 0. The lowest BCUT2D eigenvalue weighted by Crippen LogP contribution is -2.22. The number of carboxylic acid groups (broad SMARTS) is 1. The monoisotopic (exact) mass is 1180 g/mol. The fraction of sp³-hybridized carbons (Fsp3) is 0.233. The molecule has 2 aromatic heterocycles. The highest BCUT2D eigenvalue weighted by Crippen LogP contribution is 2.42. The molecule has 0 saturated carbocycles. The molecule has 24 heteroatoms. The minimum atomic E-state index is -3.63. The Labute approximate surface area is 487 Å². The van der Waals surface area contributed by atoms with Gasteiger partial charge in [-0.25, -0.2) is 36.2 Å². The van der Waals surface area contributed by atoms with E-state index in [4.69, 9.17) is 18.9 Å². The number of carbonyl (C=O) groups excluding carboxylic acids is 3. The van der Waals surface area contributed by atoms with Crippen LogP contribution in [0.1, 0.15) is 73.6 Å². The molecular weight excluding hydrogens is 1120 g/mol. The highest BCUT2D eigenvalue weighted by Gasteiger charge is 2.25. The third kappa shape index (κ3) is 15.9. The van der Waals surface area contributed by atoms with Crippen LogP contribution in [-0.2, 0) is 30.9 Å². The number of ether oxygens (including phenoxy) is 4. The van der Waals surface area contributed by atoms with Gasteiger partial charge in [0.2, 0.25) is 20.0 Å². The molecule has 440 valence electrons. The quantitative estimate of drug-likeness (QED) is 0.0473. The third-order valence-corrected chi connectivity index (χ3v) is 13.6. The van der Waals surface area contributed by atoms with E-state index in [-0.39, 0.29) is 56.7 Å². The SMILES string of the molecule is COc1c(NC(=O)Nc2ccc(Oc3ccnc(C(=O)N(C)C)c3)c3ccccc23)cc(C(C)(C)C)cc1NS(C)(=O)=O.COc1c(NC(=O)Nc2ccc(Oc3ccnc(C(=O)O)c3)c3ccccc23)cc(C(C)(C)C)cc1NS(C)(=O)=O.